The number of thioether (sulfide) groups is 1. The van der Waals surface area contributed by atoms with E-state index in [1.54, 1.807) is 28.3 Å². The number of imidazole rings is 1. The molecule has 158 valence electrons. The quantitative estimate of drug-likeness (QED) is 0.402. The van der Waals surface area contributed by atoms with E-state index >= 15 is 0 Å². The summed E-state index contributed by atoms with van der Waals surface area (Å²) < 4.78 is 14.6. The summed E-state index contributed by atoms with van der Waals surface area (Å²) in [6, 6.07) is 6.39. The van der Waals surface area contributed by atoms with Crippen LogP contribution in [0.2, 0.25) is 0 Å². The van der Waals surface area contributed by atoms with Crippen LogP contribution in [0.15, 0.2) is 35.5 Å². The van der Waals surface area contributed by atoms with Crippen LogP contribution in [0.3, 0.4) is 0 Å². The highest BCUT2D eigenvalue weighted by Crippen LogP contribution is 2.19. The fourth-order valence-corrected chi connectivity index (χ4v) is 4.06. The smallest absolute Gasteiger partial charge is 0.271 e. The number of primary amides is 1. The zero-order valence-corrected chi connectivity index (χ0v) is 17.8. The summed E-state index contributed by atoms with van der Waals surface area (Å²) in [5.41, 5.74) is 8.52. The lowest BCUT2D eigenvalue weighted by molar-refractivity contribution is -0.121. The first-order valence-electron chi connectivity index (χ1n) is 9.65. The van der Waals surface area contributed by atoms with E-state index in [4.69, 9.17) is 5.73 Å². The summed E-state index contributed by atoms with van der Waals surface area (Å²) in [6.45, 7) is 4.35. The number of fused-ring (bicyclic) bond motifs is 1. The van der Waals surface area contributed by atoms with Gasteiger partial charge in [0.25, 0.3) is 5.91 Å². The normalized spacial score (nSPS) is 11.0. The molecule has 0 aliphatic rings. The highest BCUT2D eigenvalue weighted by atomic mass is 32.2. The predicted octanol–water partition coefficient (Wildman–Crippen LogP) is 2.82. The molecule has 30 heavy (non-hydrogen) atoms. The van der Waals surface area contributed by atoms with Crippen molar-refractivity contribution < 1.29 is 14.0 Å². The highest BCUT2D eigenvalue weighted by molar-refractivity contribution is 7.99. The van der Waals surface area contributed by atoms with Crippen molar-refractivity contribution >= 4 is 29.2 Å². The van der Waals surface area contributed by atoms with Crippen LogP contribution in [0.4, 0.5) is 4.39 Å². The number of halogens is 1. The van der Waals surface area contributed by atoms with E-state index in [0.29, 0.717) is 25.0 Å². The van der Waals surface area contributed by atoms with Crippen molar-refractivity contribution in [1.29, 1.82) is 0 Å². The molecule has 0 unspecified atom stereocenters. The van der Waals surface area contributed by atoms with Crippen LogP contribution in [0.1, 0.15) is 40.3 Å². The SMILES string of the molecule is Cc1nc2c(C(N)=O)ncn2c(C)c1CCC(=O)NCCCSc1ccc(F)cc1. The van der Waals surface area contributed by atoms with Crippen molar-refractivity contribution in [2.75, 3.05) is 12.3 Å². The summed E-state index contributed by atoms with van der Waals surface area (Å²) in [4.78, 5) is 33.2. The summed E-state index contributed by atoms with van der Waals surface area (Å²) in [5.74, 6) is -0.0430. The minimum Gasteiger partial charge on any atom is -0.364 e. The Balaban J connectivity index is 1.48. The summed E-state index contributed by atoms with van der Waals surface area (Å²) in [6.07, 6.45) is 3.24. The number of hydrogen-bond acceptors (Lipinski definition) is 5. The summed E-state index contributed by atoms with van der Waals surface area (Å²) >= 11 is 1.63. The molecule has 0 radical (unpaired) electrons. The molecule has 0 aliphatic heterocycles. The van der Waals surface area contributed by atoms with E-state index < -0.39 is 5.91 Å². The zero-order chi connectivity index (χ0) is 21.7. The monoisotopic (exact) mass is 429 g/mol. The molecule has 0 atom stereocenters. The van der Waals surface area contributed by atoms with Crippen LogP contribution in [0, 0.1) is 19.7 Å². The molecule has 3 aromatic rings. The Hall–Kier alpha value is -2.94. The van der Waals surface area contributed by atoms with Gasteiger partial charge in [-0.1, -0.05) is 0 Å². The van der Waals surface area contributed by atoms with Gasteiger partial charge in [-0.2, -0.15) is 0 Å². The number of nitrogens with one attached hydrogen (secondary N) is 1. The molecule has 2 heterocycles. The Morgan fingerprint density at radius 1 is 1.23 bits per heavy atom. The summed E-state index contributed by atoms with van der Waals surface area (Å²) in [7, 11) is 0. The second kappa shape index (κ2) is 9.71. The fourth-order valence-electron chi connectivity index (χ4n) is 3.21. The molecule has 0 fully saturated rings. The van der Waals surface area contributed by atoms with Crippen LogP contribution in [0.5, 0.6) is 0 Å². The number of aromatic nitrogens is 3. The van der Waals surface area contributed by atoms with Gasteiger partial charge in [-0.3, -0.25) is 14.0 Å². The van der Waals surface area contributed by atoms with Gasteiger partial charge in [-0.05, 0) is 62.3 Å². The Kier molecular flexibility index (Phi) is 7.04. The van der Waals surface area contributed by atoms with Gasteiger partial charge in [0.2, 0.25) is 5.91 Å². The lowest BCUT2D eigenvalue weighted by Crippen LogP contribution is -2.25. The number of hydrogen-bond donors (Lipinski definition) is 2. The van der Waals surface area contributed by atoms with Crippen molar-refractivity contribution in [3.05, 3.63) is 59.1 Å². The van der Waals surface area contributed by atoms with Gasteiger partial charge in [0.1, 0.15) is 12.1 Å². The predicted molar refractivity (Wildman–Crippen MR) is 114 cm³/mol. The average Bonchev–Trinajstić information content (AvgIpc) is 3.13. The van der Waals surface area contributed by atoms with Gasteiger partial charge in [0, 0.05) is 29.2 Å². The van der Waals surface area contributed by atoms with Crippen molar-refractivity contribution in [2.24, 2.45) is 5.73 Å². The first-order chi connectivity index (χ1) is 14.4. The van der Waals surface area contributed by atoms with E-state index in [1.165, 1.54) is 18.5 Å². The first kappa shape index (κ1) is 21.8. The molecule has 0 saturated heterocycles. The van der Waals surface area contributed by atoms with Crippen molar-refractivity contribution in [3.63, 3.8) is 0 Å². The van der Waals surface area contributed by atoms with Gasteiger partial charge < -0.3 is 11.1 Å². The number of carbonyl (C=O) groups excluding carboxylic acids is 2. The molecule has 7 nitrogen and oxygen atoms in total. The highest BCUT2D eigenvalue weighted by Gasteiger charge is 2.17. The topological polar surface area (TPSA) is 102 Å². The molecule has 2 aromatic heterocycles. The Morgan fingerprint density at radius 2 is 1.97 bits per heavy atom. The number of amides is 2. The van der Waals surface area contributed by atoms with Crippen LogP contribution in [-0.4, -0.2) is 38.5 Å². The van der Waals surface area contributed by atoms with Gasteiger partial charge in [0.15, 0.2) is 11.3 Å². The molecule has 0 spiro atoms. The first-order valence-corrected chi connectivity index (χ1v) is 10.6. The molecule has 3 rings (SSSR count). The maximum atomic E-state index is 12.9. The lowest BCUT2D eigenvalue weighted by atomic mass is 10.1. The lowest BCUT2D eigenvalue weighted by Gasteiger charge is -2.12. The van der Waals surface area contributed by atoms with E-state index in [0.717, 1.165) is 34.0 Å². The minimum atomic E-state index is -0.617. The van der Waals surface area contributed by atoms with Crippen LogP contribution < -0.4 is 11.1 Å². The maximum Gasteiger partial charge on any atom is 0.271 e. The van der Waals surface area contributed by atoms with E-state index in [-0.39, 0.29) is 17.4 Å². The average molecular weight is 430 g/mol. The third kappa shape index (κ3) is 5.15. The van der Waals surface area contributed by atoms with E-state index in [9.17, 15) is 14.0 Å². The van der Waals surface area contributed by atoms with Crippen molar-refractivity contribution in [2.45, 2.75) is 38.0 Å². The van der Waals surface area contributed by atoms with Gasteiger partial charge in [0.05, 0.1) is 0 Å². The Morgan fingerprint density at radius 3 is 2.67 bits per heavy atom. The van der Waals surface area contributed by atoms with Gasteiger partial charge in [-0.15, -0.1) is 11.8 Å². The number of rotatable bonds is 9. The number of carbonyl (C=O) groups is 2. The molecular formula is C21H24FN5O2S. The molecule has 3 N–H and O–H groups in total. The molecule has 0 aliphatic carbocycles. The van der Waals surface area contributed by atoms with Crippen molar-refractivity contribution in [3.8, 4) is 0 Å². The molecule has 1 aromatic carbocycles. The second-order valence-electron chi connectivity index (χ2n) is 6.92. The fraction of sp³-hybridized carbons (Fsp3) is 0.333. The van der Waals surface area contributed by atoms with Crippen LogP contribution in [0.25, 0.3) is 5.65 Å². The molecular weight excluding hydrogens is 405 g/mol. The Bertz CT molecular complexity index is 1070. The third-order valence-electron chi connectivity index (χ3n) is 4.81. The minimum absolute atomic E-state index is 0.0239. The number of nitrogens with two attached hydrogens (primary N) is 1. The zero-order valence-electron chi connectivity index (χ0n) is 16.9. The number of aryl methyl sites for hydroxylation is 2. The van der Waals surface area contributed by atoms with Crippen LogP contribution >= 0.6 is 11.8 Å². The largest absolute Gasteiger partial charge is 0.364 e. The molecule has 2 amide bonds. The Labute approximate surface area is 178 Å². The number of nitrogens with zero attached hydrogens (tertiary/aromatic N) is 3. The molecule has 0 bridgehead atoms. The van der Waals surface area contributed by atoms with E-state index in [1.807, 2.05) is 13.8 Å². The maximum absolute atomic E-state index is 12.9. The van der Waals surface area contributed by atoms with Gasteiger partial charge >= 0.3 is 0 Å². The second-order valence-corrected chi connectivity index (χ2v) is 8.09. The molecule has 0 saturated carbocycles. The standard InChI is InChI=1S/C21H24FN5O2S/c1-13-17(14(2)27-12-25-19(20(23)29)21(27)26-13)8-9-18(28)24-10-3-11-30-16-6-4-15(22)5-7-16/h4-7,12H,3,8-11H2,1-2H3,(H2,23,29)(H,24,28). The van der Waals surface area contributed by atoms with E-state index in [2.05, 4.69) is 15.3 Å². The summed E-state index contributed by atoms with van der Waals surface area (Å²) in [5, 5.41) is 2.93. The van der Waals surface area contributed by atoms with Crippen molar-refractivity contribution in [1.82, 2.24) is 19.7 Å². The molecule has 9 heteroatoms. The third-order valence-corrected chi connectivity index (χ3v) is 5.91. The number of benzene rings is 1. The van der Waals surface area contributed by atoms with Crippen LogP contribution in [-0.2, 0) is 11.2 Å². The van der Waals surface area contributed by atoms with Gasteiger partial charge in [-0.25, -0.2) is 14.4 Å².